The molecule has 26 heavy (non-hydrogen) atoms. The van der Waals surface area contributed by atoms with Gasteiger partial charge >= 0.3 is 24.8 Å². The minimum atomic E-state index is -1.10. The molecule has 0 aliphatic carbocycles. The van der Waals surface area contributed by atoms with Gasteiger partial charge in [-0.1, -0.05) is 26.7 Å². The summed E-state index contributed by atoms with van der Waals surface area (Å²) in [5.74, 6) is -1.45. The van der Waals surface area contributed by atoms with Crippen molar-refractivity contribution in [3.63, 3.8) is 0 Å². The zero-order valence-electron chi connectivity index (χ0n) is 16.6. The molecular formula is C18H33LiO7. The number of rotatable bonds is 18. The van der Waals surface area contributed by atoms with E-state index in [1.54, 1.807) is 0 Å². The summed E-state index contributed by atoms with van der Waals surface area (Å²) >= 11 is 0. The number of aliphatic carboxylic acids is 1. The van der Waals surface area contributed by atoms with Crippen molar-refractivity contribution < 1.29 is 52.5 Å². The predicted molar refractivity (Wildman–Crippen MR) is 90.8 cm³/mol. The third kappa shape index (κ3) is 19.7. The molecule has 0 aromatic carbocycles. The van der Waals surface area contributed by atoms with Crippen LogP contribution in [0.5, 0.6) is 0 Å². The minimum absolute atomic E-state index is 0. The Kier molecular flexibility index (Phi) is 22.0. The summed E-state index contributed by atoms with van der Waals surface area (Å²) in [6.07, 6.45) is 4.74. The van der Waals surface area contributed by atoms with E-state index < -0.39 is 12.3 Å². The molecule has 0 saturated carbocycles. The molecule has 0 rings (SSSR count). The molecule has 0 heterocycles. The average Bonchev–Trinajstić information content (AvgIpc) is 2.58. The summed E-state index contributed by atoms with van der Waals surface area (Å²) < 4.78 is 21.7. The smallest absolute Gasteiger partial charge is 0.550 e. The van der Waals surface area contributed by atoms with Gasteiger partial charge in [0.05, 0.1) is 13.2 Å². The molecule has 0 saturated heterocycles. The molecule has 7 nitrogen and oxygen atoms in total. The van der Waals surface area contributed by atoms with E-state index >= 15 is 0 Å². The van der Waals surface area contributed by atoms with Crippen molar-refractivity contribution in [1.29, 1.82) is 0 Å². The second kappa shape index (κ2) is 20.7. The second-order valence-corrected chi connectivity index (χ2v) is 5.75. The van der Waals surface area contributed by atoms with Crippen molar-refractivity contribution in [3.05, 3.63) is 0 Å². The molecule has 0 aromatic heterocycles. The number of esters is 1. The van der Waals surface area contributed by atoms with E-state index in [-0.39, 0.29) is 50.9 Å². The number of hydrogen-bond donors (Lipinski definition) is 0. The summed E-state index contributed by atoms with van der Waals surface area (Å²) in [4.78, 5) is 21.7. The van der Waals surface area contributed by atoms with E-state index in [0.29, 0.717) is 32.7 Å². The Morgan fingerprint density at radius 1 is 0.846 bits per heavy atom. The van der Waals surface area contributed by atoms with Crippen LogP contribution >= 0.6 is 0 Å². The van der Waals surface area contributed by atoms with Crippen molar-refractivity contribution in [2.45, 2.75) is 71.5 Å². The van der Waals surface area contributed by atoms with Crippen LogP contribution in [-0.4, -0.2) is 51.3 Å². The largest absolute Gasteiger partial charge is 1.00 e. The number of hydrogen-bond acceptors (Lipinski definition) is 7. The van der Waals surface area contributed by atoms with E-state index in [0.717, 1.165) is 25.7 Å². The van der Waals surface area contributed by atoms with Crippen LogP contribution in [0.4, 0.5) is 0 Å². The van der Waals surface area contributed by atoms with Crippen LogP contribution in [0.25, 0.3) is 0 Å². The first-order valence-corrected chi connectivity index (χ1v) is 9.26. The molecule has 0 N–H and O–H groups in total. The van der Waals surface area contributed by atoms with Gasteiger partial charge in [0.1, 0.15) is 6.61 Å². The first-order chi connectivity index (χ1) is 12.1. The average molecular weight is 368 g/mol. The van der Waals surface area contributed by atoms with Crippen molar-refractivity contribution >= 4 is 11.9 Å². The molecule has 0 fully saturated rings. The SMILES string of the molecule is CCCCOC(COCCOC(=O)CCCCC(=O)[O-])OCCCC.[Li+]. The summed E-state index contributed by atoms with van der Waals surface area (Å²) in [6, 6.07) is 0. The number of ether oxygens (including phenoxy) is 4. The fourth-order valence-electron chi connectivity index (χ4n) is 1.87. The van der Waals surface area contributed by atoms with Crippen LogP contribution in [0.1, 0.15) is 65.2 Å². The van der Waals surface area contributed by atoms with E-state index in [2.05, 4.69) is 13.8 Å². The molecule has 0 unspecified atom stereocenters. The molecule has 0 radical (unpaired) electrons. The Bertz CT molecular complexity index is 330. The van der Waals surface area contributed by atoms with Gasteiger partial charge in [-0.25, -0.2) is 0 Å². The molecule has 0 amide bonds. The van der Waals surface area contributed by atoms with Gasteiger partial charge in [0.15, 0.2) is 6.29 Å². The molecule has 148 valence electrons. The van der Waals surface area contributed by atoms with Crippen LogP contribution in [0, 0.1) is 0 Å². The van der Waals surface area contributed by atoms with E-state index in [1.165, 1.54) is 0 Å². The molecule has 0 spiro atoms. The fraction of sp³-hybridized carbons (Fsp3) is 0.889. The minimum Gasteiger partial charge on any atom is -0.550 e. The summed E-state index contributed by atoms with van der Waals surface area (Å²) in [5, 5.41) is 10.2. The van der Waals surface area contributed by atoms with Crippen LogP contribution in [0.2, 0.25) is 0 Å². The molecule has 0 aliphatic rings. The quantitative estimate of drug-likeness (QED) is 0.130. The van der Waals surface area contributed by atoms with Crippen molar-refractivity contribution in [1.82, 2.24) is 0 Å². The van der Waals surface area contributed by atoms with Crippen LogP contribution < -0.4 is 24.0 Å². The molecule has 0 aromatic rings. The topological polar surface area (TPSA) is 94.1 Å². The maximum absolute atomic E-state index is 11.4. The number of carboxylic acids is 1. The third-order valence-electron chi connectivity index (χ3n) is 3.36. The number of carbonyl (C=O) groups is 2. The van der Waals surface area contributed by atoms with Gasteiger partial charge < -0.3 is 28.8 Å². The van der Waals surface area contributed by atoms with Crippen LogP contribution in [-0.2, 0) is 28.5 Å². The molecule has 0 bridgehead atoms. The molecule has 8 heteroatoms. The summed E-state index contributed by atoms with van der Waals surface area (Å²) in [7, 11) is 0. The van der Waals surface area contributed by atoms with E-state index in [1.807, 2.05) is 0 Å². The first-order valence-electron chi connectivity index (χ1n) is 9.26. The summed E-state index contributed by atoms with van der Waals surface area (Å²) in [6.45, 7) is 6.20. The molecule has 0 atom stereocenters. The Labute approximate surface area is 169 Å². The van der Waals surface area contributed by atoms with E-state index in [9.17, 15) is 14.7 Å². The first kappa shape index (κ1) is 27.6. The number of carbonyl (C=O) groups excluding carboxylic acids is 2. The Morgan fingerprint density at radius 3 is 1.96 bits per heavy atom. The van der Waals surface area contributed by atoms with Gasteiger partial charge in [-0.15, -0.1) is 0 Å². The fourth-order valence-corrected chi connectivity index (χ4v) is 1.87. The second-order valence-electron chi connectivity index (χ2n) is 5.75. The van der Waals surface area contributed by atoms with Gasteiger partial charge in [0.2, 0.25) is 0 Å². The van der Waals surface area contributed by atoms with Gasteiger partial charge in [-0.2, -0.15) is 0 Å². The Morgan fingerprint density at radius 2 is 1.42 bits per heavy atom. The third-order valence-corrected chi connectivity index (χ3v) is 3.36. The van der Waals surface area contributed by atoms with Gasteiger partial charge in [-0.05, 0) is 32.1 Å². The summed E-state index contributed by atoms with van der Waals surface area (Å²) in [5.41, 5.74) is 0. The van der Waals surface area contributed by atoms with Crippen molar-refractivity contribution in [2.75, 3.05) is 33.0 Å². The normalized spacial score (nSPS) is 10.6. The van der Waals surface area contributed by atoms with E-state index in [4.69, 9.17) is 18.9 Å². The van der Waals surface area contributed by atoms with Crippen LogP contribution in [0.15, 0.2) is 0 Å². The Hall–Kier alpha value is -0.583. The molecule has 0 aliphatic heterocycles. The maximum Gasteiger partial charge on any atom is 1.00 e. The zero-order chi connectivity index (χ0) is 18.8. The van der Waals surface area contributed by atoms with Crippen LogP contribution in [0.3, 0.4) is 0 Å². The number of unbranched alkanes of at least 4 members (excludes halogenated alkanes) is 3. The zero-order valence-corrected chi connectivity index (χ0v) is 16.6. The Balaban J connectivity index is 0. The molecular weight excluding hydrogens is 335 g/mol. The van der Waals surface area contributed by atoms with Gasteiger partial charge in [0.25, 0.3) is 0 Å². The standard InChI is InChI=1S/C18H34O7.Li/c1-3-5-11-24-18(25-12-6-4-2)15-22-13-14-23-17(21)10-8-7-9-16(19)20;/h18H,3-15H2,1-2H3,(H,19,20);/q;+1/p-1. The maximum atomic E-state index is 11.4. The van der Waals surface area contributed by atoms with Gasteiger partial charge in [0, 0.05) is 25.6 Å². The number of carboxylic acid groups (broad SMARTS) is 1. The van der Waals surface area contributed by atoms with Crippen molar-refractivity contribution in [3.8, 4) is 0 Å². The van der Waals surface area contributed by atoms with Gasteiger partial charge in [-0.3, -0.25) is 4.79 Å². The van der Waals surface area contributed by atoms with Crippen molar-refractivity contribution in [2.24, 2.45) is 0 Å². The monoisotopic (exact) mass is 368 g/mol. The predicted octanol–water partition coefficient (Wildman–Crippen LogP) is -1.18.